The third kappa shape index (κ3) is 3.25. The van der Waals surface area contributed by atoms with Crippen LogP contribution in [0.3, 0.4) is 0 Å². The van der Waals surface area contributed by atoms with Crippen molar-refractivity contribution in [2.45, 2.75) is 13.3 Å². The third-order valence-corrected chi connectivity index (χ3v) is 5.69. The van der Waals surface area contributed by atoms with E-state index in [-0.39, 0.29) is 24.3 Å². The zero-order valence-corrected chi connectivity index (χ0v) is 16.2. The molecule has 5 nitrogen and oxygen atoms in total. The van der Waals surface area contributed by atoms with Crippen LogP contribution in [0, 0.1) is 18.8 Å². The van der Waals surface area contributed by atoms with Gasteiger partial charge in [-0.15, -0.1) is 0 Å². The van der Waals surface area contributed by atoms with E-state index < -0.39 is 0 Å². The number of amides is 1. The second kappa shape index (κ2) is 6.82. The molecule has 1 saturated carbocycles. The molecule has 0 aliphatic heterocycles. The van der Waals surface area contributed by atoms with Gasteiger partial charge in [-0.25, -0.2) is 0 Å². The van der Waals surface area contributed by atoms with E-state index in [1.807, 2.05) is 18.3 Å². The number of nitrogens with zero attached hydrogens (tertiary/aromatic N) is 2. The van der Waals surface area contributed by atoms with Gasteiger partial charge in [-0.3, -0.25) is 0 Å². The summed E-state index contributed by atoms with van der Waals surface area (Å²) in [6.07, 6.45) is 6.19. The van der Waals surface area contributed by atoms with Crippen LogP contribution in [-0.2, 0) is 4.79 Å². The molecule has 1 fully saturated rings. The van der Waals surface area contributed by atoms with Gasteiger partial charge in [-0.1, -0.05) is 0 Å². The molecule has 3 aromatic rings. The number of rotatable bonds is 4. The van der Waals surface area contributed by atoms with Crippen LogP contribution in [0.2, 0.25) is 0 Å². The van der Waals surface area contributed by atoms with Gasteiger partial charge in [0.2, 0.25) is 0 Å². The van der Waals surface area contributed by atoms with Crippen LogP contribution in [-0.4, -0.2) is 44.4 Å². The van der Waals surface area contributed by atoms with Gasteiger partial charge in [0.15, 0.2) is 0 Å². The number of carbonyl (C=O) groups excluding carboxylic acids is 1. The van der Waals surface area contributed by atoms with Crippen LogP contribution in [0.4, 0.5) is 5.82 Å². The molecule has 2 atom stereocenters. The minimum absolute atomic E-state index is 0.0637. The Morgan fingerprint density at radius 1 is 1.35 bits per heavy atom. The summed E-state index contributed by atoms with van der Waals surface area (Å²) < 4.78 is 1.07. The standard InChI is InChI=1S/C20H18AsN3O2/c1-11-2-3-22-8-16(11)12-4-13-7-19(23-9-17(13)18(21)6-12)24-20(26)15-5-14(15)10-25/h2-4,6-9,14-15,25H,5,10H2,1H3,(H,23,24,26). The van der Waals surface area contributed by atoms with Crippen LogP contribution in [0.25, 0.3) is 21.9 Å². The van der Waals surface area contributed by atoms with Crippen molar-refractivity contribution in [1.29, 1.82) is 0 Å². The number of hydrogen-bond donors (Lipinski definition) is 2. The van der Waals surface area contributed by atoms with E-state index in [2.05, 4.69) is 51.2 Å². The summed E-state index contributed by atoms with van der Waals surface area (Å²) in [5.74, 6) is 0.469. The molecule has 1 aliphatic rings. The summed E-state index contributed by atoms with van der Waals surface area (Å²) in [4.78, 5) is 20.8. The molecule has 2 unspecified atom stereocenters. The van der Waals surface area contributed by atoms with Crippen molar-refractivity contribution < 1.29 is 9.90 Å². The molecule has 130 valence electrons. The van der Waals surface area contributed by atoms with Crippen molar-refractivity contribution in [3.05, 3.63) is 48.4 Å². The Labute approximate surface area is 160 Å². The first-order chi connectivity index (χ1) is 12.6. The molecular weight excluding hydrogens is 389 g/mol. The zero-order valence-electron chi connectivity index (χ0n) is 14.3. The number of nitrogens with one attached hydrogen (secondary N) is 1. The fraction of sp³-hybridized carbons (Fsp3) is 0.250. The van der Waals surface area contributed by atoms with Gasteiger partial charge in [-0.05, 0) is 0 Å². The van der Waals surface area contributed by atoms with Gasteiger partial charge >= 0.3 is 160 Å². The Bertz CT molecular complexity index is 1010. The average Bonchev–Trinajstić information content (AvgIpc) is 3.42. The van der Waals surface area contributed by atoms with E-state index in [4.69, 9.17) is 5.11 Å². The summed E-state index contributed by atoms with van der Waals surface area (Å²) in [7, 11) is 0. The van der Waals surface area contributed by atoms with E-state index >= 15 is 0 Å². The molecule has 26 heavy (non-hydrogen) atoms. The molecule has 2 N–H and O–H groups in total. The van der Waals surface area contributed by atoms with Crippen LogP contribution in [0.1, 0.15) is 12.0 Å². The van der Waals surface area contributed by atoms with Crippen molar-refractivity contribution in [3.8, 4) is 11.1 Å². The molecule has 1 aromatic carbocycles. The normalized spacial score (nSPS) is 18.7. The van der Waals surface area contributed by atoms with E-state index in [0.717, 1.165) is 38.2 Å². The summed E-state index contributed by atoms with van der Waals surface area (Å²) in [5, 5.41) is 14.0. The van der Waals surface area contributed by atoms with E-state index in [1.165, 1.54) is 0 Å². The Morgan fingerprint density at radius 3 is 2.92 bits per heavy atom. The predicted molar refractivity (Wildman–Crippen MR) is 102 cm³/mol. The first kappa shape index (κ1) is 17.2. The topological polar surface area (TPSA) is 75.1 Å². The maximum absolute atomic E-state index is 12.2. The molecule has 0 saturated heterocycles. The second-order valence-corrected chi connectivity index (χ2v) is 7.76. The molecule has 0 bridgehead atoms. The molecule has 1 aliphatic carbocycles. The fourth-order valence-corrected chi connectivity index (χ4v) is 3.90. The number of aromatic nitrogens is 2. The van der Waals surface area contributed by atoms with Crippen LogP contribution >= 0.6 is 0 Å². The number of aryl methyl sites for hydroxylation is 1. The van der Waals surface area contributed by atoms with Gasteiger partial charge in [-0.2, -0.15) is 0 Å². The number of aliphatic hydroxyl groups excluding tert-OH is 1. The van der Waals surface area contributed by atoms with Crippen LogP contribution in [0.15, 0.2) is 42.9 Å². The molecule has 1 amide bonds. The monoisotopic (exact) mass is 407 g/mol. The first-order valence-corrected chi connectivity index (χ1v) is 9.46. The number of anilines is 1. The zero-order chi connectivity index (χ0) is 18.3. The molecule has 2 heterocycles. The van der Waals surface area contributed by atoms with E-state index in [0.29, 0.717) is 5.82 Å². The van der Waals surface area contributed by atoms with E-state index in [1.54, 1.807) is 12.4 Å². The Morgan fingerprint density at radius 2 is 2.19 bits per heavy atom. The van der Waals surface area contributed by atoms with Crippen molar-refractivity contribution in [2.75, 3.05) is 11.9 Å². The third-order valence-electron chi connectivity index (χ3n) is 4.91. The minimum atomic E-state index is -0.0970. The second-order valence-electron chi connectivity index (χ2n) is 6.75. The predicted octanol–water partition coefficient (Wildman–Crippen LogP) is 1.97. The maximum atomic E-state index is 12.2. The van der Waals surface area contributed by atoms with Crippen LogP contribution < -0.4 is 9.67 Å². The quantitative estimate of drug-likeness (QED) is 0.649. The van der Waals surface area contributed by atoms with Gasteiger partial charge in [0, 0.05) is 0 Å². The summed E-state index contributed by atoms with van der Waals surface area (Å²) in [6, 6.07) is 8.11. The van der Waals surface area contributed by atoms with Crippen molar-refractivity contribution in [1.82, 2.24) is 9.97 Å². The molecule has 4 rings (SSSR count). The fourth-order valence-electron chi connectivity index (χ4n) is 3.22. The van der Waals surface area contributed by atoms with Crippen LogP contribution in [0.5, 0.6) is 0 Å². The molecular formula is C20H18AsN3O2. The van der Waals surface area contributed by atoms with Crippen molar-refractivity contribution >= 4 is 43.7 Å². The summed E-state index contributed by atoms with van der Waals surface area (Å²) in [6.45, 7) is 2.13. The number of aliphatic hydroxyl groups is 1. The number of pyridine rings is 2. The number of carbonyl (C=O) groups is 1. The summed E-state index contributed by atoms with van der Waals surface area (Å²) >= 11 is 2.58. The van der Waals surface area contributed by atoms with Crippen molar-refractivity contribution in [3.63, 3.8) is 0 Å². The Hall–Kier alpha value is -2.23. The number of benzene rings is 1. The molecule has 0 spiro atoms. The Balaban J connectivity index is 1.68. The molecule has 2 aromatic heterocycles. The van der Waals surface area contributed by atoms with Gasteiger partial charge in [0.1, 0.15) is 0 Å². The molecule has 2 radical (unpaired) electrons. The first-order valence-electron chi connectivity index (χ1n) is 8.52. The summed E-state index contributed by atoms with van der Waals surface area (Å²) in [5.41, 5.74) is 3.34. The van der Waals surface area contributed by atoms with Gasteiger partial charge < -0.3 is 0 Å². The average molecular weight is 407 g/mol. The van der Waals surface area contributed by atoms with E-state index in [9.17, 15) is 4.79 Å². The number of fused-ring (bicyclic) bond motifs is 1. The van der Waals surface area contributed by atoms with Crippen molar-refractivity contribution in [2.24, 2.45) is 11.8 Å². The SMILES string of the molecule is Cc1ccncc1-c1cc([As])c2cnc(NC(=O)C3CC3CO)cc2c1. The molecule has 6 heteroatoms. The van der Waals surface area contributed by atoms with Gasteiger partial charge in [0.05, 0.1) is 0 Å². The number of hydrogen-bond acceptors (Lipinski definition) is 4. The van der Waals surface area contributed by atoms with Gasteiger partial charge in [0.25, 0.3) is 0 Å². The Kier molecular flexibility index (Phi) is 4.51.